The zero-order valence-electron chi connectivity index (χ0n) is 44.7. The van der Waals surface area contributed by atoms with Gasteiger partial charge in [0.25, 0.3) is 0 Å². The van der Waals surface area contributed by atoms with Gasteiger partial charge in [-0.05, 0) is 214 Å². The Labute approximate surface area is 402 Å². The molecular weight excluding hydrogens is 811 g/mol. The van der Waals surface area contributed by atoms with Crippen LogP contribution < -0.4 is 5.32 Å². The average Bonchev–Trinajstić information content (AvgIpc) is 3.61. The number of hydrogen-bond acceptors (Lipinski definition) is 9. The molecule has 0 bridgehead atoms. The van der Waals surface area contributed by atoms with Crippen LogP contribution in [0.5, 0.6) is 0 Å². The first kappa shape index (κ1) is 56.6. The summed E-state index contributed by atoms with van der Waals surface area (Å²) in [5.41, 5.74) is 5.21. The van der Waals surface area contributed by atoms with Gasteiger partial charge in [-0.1, -0.05) is 35.1 Å². The molecule has 9 heteroatoms. The van der Waals surface area contributed by atoms with E-state index in [0.717, 1.165) is 45.1 Å². The Kier molecular flexibility index (Phi) is 19.4. The highest BCUT2D eigenvalue weighted by molar-refractivity contribution is 7.99. The average molecular weight is 921 g/mol. The number of piperidine rings is 2. The number of nitrogens with one attached hydrogen (secondary N) is 1. The topological polar surface area (TPSA) is 52.7 Å². The maximum atomic E-state index is 5.54. The molecule has 1 aliphatic carbocycles. The SMILES string of the molecule is C.C1CC2(CC2)CN1.CC(C)(C)C.CC(C)(C)N1CC2(COC2)C1.CC(C)(C)N1CCC2(CC1)COC2.CC(C)(C)N1CCC2(CCOC2)CC1.CC(C)(C)N1CCC2(CCSC2)C1. The Morgan fingerprint density at radius 3 is 1.11 bits per heavy atom. The van der Waals surface area contributed by atoms with Gasteiger partial charge in [-0.25, -0.2) is 0 Å². The summed E-state index contributed by atoms with van der Waals surface area (Å²) in [6.07, 6.45) is 14.0. The maximum Gasteiger partial charge on any atom is 0.0569 e. The van der Waals surface area contributed by atoms with Gasteiger partial charge in [0.05, 0.1) is 33.0 Å². The molecule has 378 valence electrons. The van der Waals surface area contributed by atoms with Crippen molar-refractivity contribution < 1.29 is 14.2 Å². The lowest BCUT2D eigenvalue weighted by Gasteiger charge is -2.59. The third-order valence-electron chi connectivity index (χ3n) is 16.2. The van der Waals surface area contributed by atoms with Crippen molar-refractivity contribution in [1.82, 2.24) is 24.9 Å². The molecule has 1 atom stereocenters. The lowest BCUT2D eigenvalue weighted by molar-refractivity contribution is -0.207. The van der Waals surface area contributed by atoms with E-state index in [-0.39, 0.29) is 7.43 Å². The van der Waals surface area contributed by atoms with Crippen LogP contribution in [0.3, 0.4) is 0 Å². The standard InChI is InChI=1S/C12H23NO.C11H21NO.C11H21NS.C9H17NO.C6H11N.C5H12.CH4/c1-11(2,3)13-7-4-12(5-8-13)6-9-14-10-12;1-10(2,3)12-6-4-11(5-7-12)8-13-9-11;1-10(2,3)12-6-4-11(8-12)5-7-13-9-11;1-8(2,3)10-4-9(5-10)6-11-7-9;1-2-6(1)3-4-7-5-6;1-5(2,3)4;/h4-10H2,1-3H3;2*4-9H2,1-3H3;4-7H2,1-3H3;7H,1-5H2;1-4H3;1H4. The van der Waals surface area contributed by atoms with E-state index in [1.165, 1.54) is 141 Å². The number of nitrogens with zero attached hydrogens (tertiary/aromatic N) is 4. The van der Waals surface area contributed by atoms with Crippen LogP contribution in [0.4, 0.5) is 0 Å². The zero-order valence-corrected chi connectivity index (χ0v) is 45.5. The fourth-order valence-electron chi connectivity index (χ4n) is 10.7. The van der Waals surface area contributed by atoms with Gasteiger partial charge in [0, 0.05) is 71.5 Å². The third-order valence-corrected chi connectivity index (χ3v) is 17.5. The molecule has 0 aromatic heterocycles. The Balaban J connectivity index is 0.000000172. The Hall–Kier alpha value is 0.0300. The lowest BCUT2D eigenvalue weighted by atomic mass is 9.75. The highest BCUT2D eigenvalue weighted by Gasteiger charge is 2.52. The minimum absolute atomic E-state index is 0. The zero-order chi connectivity index (χ0) is 46.6. The molecule has 10 rings (SSSR count). The minimum atomic E-state index is 0. The first-order chi connectivity index (χ1) is 29.0. The van der Waals surface area contributed by atoms with Crippen molar-refractivity contribution in [3.63, 3.8) is 0 Å². The molecule has 10 fully saturated rings. The largest absolute Gasteiger partial charge is 0.381 e. The fraction of sp³-hybridized carbons (Fsp3) is 1.00. The Bertz CT molecular complexity index is 1340. The number of likely N-dealkylation sites (tertiary alicyclic amines) is 4. The van der Waals surface area contributed by atoms with Gasteiger partial charge < -0.3 is 19.5 Å². The van der Waals surface area contributed by atoms with Gasteiger partial charge in [0.15, 0.2) is 0 Å². The second kappa shape index (κ2) is 22.0. The molecule has 9 heterocycles. The molecule has 1 unspecified atom stereocenters. The van der Waals surface area contributed by atoms with E-state index in [4.69, 9.17) is 14.2 Å². The number of ether oxygens (including phenoxy) is 3. The summed E-state index contributed by atoms with van der Waals surface area (Å²) in [5.74, 6) is 2.82. The number of hydrogen-bond donors (Lipinski definition) is 1. The normalized spacial score (nSPS) is 29.2. The summed E-state index contributed by atoms with van der Waals surface area (Å²) in [6, 6.07) is 0. The Morgan fingerprint density at radius 1 is 0.406 bits per heavy atom. The van der Waals surface area contributed by atoms with Gasteiger partial charge in [-0.15, -0.1) is 0 Å². The van der Waals surface area contributed by atoms with E-state index in [2.05, 4.69) is 147 Å². The highest BCUT2D eigenvalue weighted by Crippen LogP contribution is 2.50. The summed E-state index contributed by atoms with van der Waals surface area (Å²) in [7, 11) is 0. The second-order valence-corrected chi connectivity index (χ2v) is 29.3. The van der Waals surface area contributed by atoms with Crippen LogP contribution in [0.15, 0.2) is 0 Å². The summed E-state index contributed by atoms with van der Waals surface area (Å²) < 4.78 is 16.1. The van der Waals surface area contributed by atoms with Crippen LogP contribution in [0.25, 0.3) is 0 Å². The van der Waals surface area contributed by atoms with Crippen LogP contribution in [-0.2, 0) is 14.2 Å². The van der Waals surface area contributed by atoms with Crippen molar-refractivity contribution in [2.24, 2.45) is 32.5 Å². The molecule has 64 heavy (non-hydrogen) atoms. The van der Waals surface area contributed by atoms with Crippen molar-refractivity contribution in [2.45, 2.75) is 205 Å². The maximum absolute atomic E-state index is 5.54. The molecule has 10 aliphatic rings. The molecular formula is C55H109N5O3S. The molecule has 0 radical (unpaired) electrons. The summed E-state index contributed by atoms with van der Waals surface area (Å²) >= 11 is 2.16. The van der Waals surface area contributed by atoms with Crippen LogP contribution in [0, 0.1) is 32.5 Å². The summed E-state index contributed by atoms with van der Waals surface area (Å²) in [6.45, 7) is 55.3. The van der Waals surface area contributed by atoms with Crippen LogP contribution >= 0.6 is 11.8 Å². The first-order valence-electron chi connectivity index (χ1n) is 26.0. The predicted octanol–water partition coefficient (Wildman–Crippen LogP) is 11.4. The number of thioether (sulfide) groups is 1. The van der Waals surface area contributed by atoms with Crippen LogP contribution in [0.2, 0.25) is 0 Å². The van der Waals surface area contributed by atoms with Gasteiger partial charge in [-0.2, -0.15) is 11.8 Å². The molecule has 0 aromatic carbocycles. The van der Waals surface area contributed by atoms with E-state index in [0.29, 0.717) is 49.2 Å². The fourth-order valence-corrected chi connectivity index (χ4v) is 12.3. The molecule has 9 saturated heterocycles. The third kappa shape index (κ3) is 16.9. The van der Waals surface area contributed by atoms with Crippen LogP contribution in [0.1, 0.15) is 182 Å². The van der Waals surface area contributed by atoms with Crippen molar-refractivity contribution in [3.8, 4) is 0 Å². The first-order valence-corrected chi connectivity index (χ1v) is 27.2. The van der Waals surface area contributed by atoms with E-state index < -0.39 is 0 Å². The molecule has 0 amide bonds. The smallest absolute Gasteiger partial charge is 0.0569 e. The molecule has 0 aromatic rings. The van der Waals surface area contributed by atoms with E-state index >= 15 is 0 Å². The summed E-state index contributed by atoms with van der Waals surface area (Å²) in [5, 5.41) is 3.38. The molecule has 1 N–H and O–H groups in total. The monoisotopic (exact) mass is 920 g/mol. The lowest BCUT2D eigenvalue weighted by Crippen LogP contribution is -2.69. The number of rotatable bonds is 0. The van der Waals surface area contributed by atoms with Crippen molar-refractivity contribution in [1.29, 1.82) is 0 Å². The minimum Gasteiger partial charge on any atom is -0.381 e. The van der Waals surface area contributed by atoms with Crippen molar-refractivity contribution >= 4 is 11.8 Å². The quantitative estimate of drug-likeness (QED) is 0.256. The Morgan fingerprint density at radius 2 is 0.812 bits per heavy atom. The van der Waals surface area contributed by atoms with E-state index in [1.54, 1.807) is 0 Å². The van der Waals surface area contributed by atoms with E-state index in [1.807, 2.05) is 0 Å². The van der Waals surface area contributed by atoms with Gasteiger partial charge in [-0.3, -0.25) is 19.6 Å². The van der Waals surface area contributed by atoms with Crippen molar-refractivity contribution in [2.75, 3.05) is 117 Å². The highest BCUT2D eigenvalue weighted by atomic mass is 32.2. The van der Waals surface area contributed by atoms with Gasteiger partial charge in [0.2, 0.25) is 0 Å². The van der Waals surface area contributed by atoms with Crippen molar-refractivity contribution in [3.05, 3.63) is 0 Å². The second-order valence-electron chi connectivity index (χ2n) is 28.2. The predicted molar refractivity (Wildman–Crippen MR) is 278 cm³/mol. The molecule has 5 spiro atoms. The van der Waals surface area contributed by atoms with Crippen LogP contribution in [-0.4, -0.2) is 158 Å². The molecule has 8 nitrogen and oxygen atoms in total. The van der Waals surface area contributed by atoms with Gasteiger partial charge in [0.1, 0.15) is 0 Å². The summed E-state index contributed by atoms with van der Waals surface area (Å²) in [4.78, 5) is 10.4. The van der Waals surface area contributed by atoms with E-state index in [9.17, 15) is 0 Å². The van der Waals surface area contributed by atoms with Gasteiger partial charge >= 0.3 is 0 Å². The molecule has 1 saturated carbocycles. The molecule has 9 aliphatic heterocycles.